The second kappa shape index (κ2) is 6.09. The summed E-state index contributed by atoms with van der Waals surface area (Å²) in [6, 6.07) is 18.6. The van der Waals surface area contributed by atoms with Gasteiger partial charge in [0.25, 0.3) is 0 Å². The van der Waals surface area contributed by atoms with Crippen molar-refractivity contribution < 1.29 is 4.79 Å². The van der Waals surface area contributed by atoms with Crippen molar-refractivity contribution in [3.63, 3.8) is 0 Å². The van der Waals surface area contributed by atoms with E-state index in [1.165, 1.54) is 0 Å². The van der Waals surface area contributed by atoms with Gasteiger partial charge in [-0.3, -0.25) is 4.79 Å². The van der Waals surface area contributed by atoms with Gasteiger partial charge in [-0.25, -0.2) is 0 Å². The third kappa shape index (κ3) is 2.69. The van der Waals surface area contributed by atoms with Gasteiger partial charge in [0.05, 0.1) is 0 Å². The maximum Gasteiger partial charge on any atom is 0.164 e. The highest BCUT2D eigenvalue weighted by Crippen LogP contribution is 2.29. The number of hydrogen-bond donors (Lipinski definition) is 0. The molecule has 0 spiro atoms. The van der Waals surface area contributed by atoms with E-state index in [0.29, 0.717) is 6.42 Å². The second-order valence-corrected chi connectivity index (χ2v) is 5.57. The lowest BCUT2D eigenvalue weighted by molar-refractivity contribution is 0.0982. The minimum Gasteiger partial charge on any atom is -0.294 e. The quantitative estimate of drug-likeness (QED) is 0.329. The van der Waals surface area contributed by atoms with E-state index in [1.807, 2.05) is 24.3 Å². The van der Waals surface area contributed by atoms with Crippen LogP contribution in [0.25, 0.3) is 21.5 Å². The maximum atomic E-state index is 12.7. The standard InChI is InChI=1S/C20H20O/c1-2-3-4-13-19(21)20-17-11-7-5-9-15(17)14-16-10-6-8-12-18(16)20/h5-12,14H,2-4,13H2,1H3. The minimum absolute atomic E-state index is 0.274. The predicted octanol–water partition coefficient (Wildman–Crippen LogP) is 5.76. The first kappa shape index (κ1) is 13.8. The van der Waals surface area contributed by atoms with Crippen molar-refractivity contribution in [2.24, 2.45) is 0 Å². The number of carbonyl (C=O) groups is 1. The fourth-order valence-corrected chi connectivity index (χ4v) is 2.97. The van der Waals surface area contributed by atoms with Crippen LogP contribution in [0.3, 0.4) is 0 Å². The van der Waals surface area contributed by atoms with Gasteiger partial charge >= 0.3 is 0 Å². The zero-order valence-electron chi connectivity index (χ0n) is 12.4. The molecule has 0 aliphatic heterocycles. The summed E-state index contributed by atoms with van der Waals surface area (Å²) in [7, 11) is 0. The molecule has 1 nitrogen and oxygen atoms in total. The predicted molar refractivity (Wildman–Crippen MR) is 89.9 cm³/mol. The van der Waals surface area contributed by atoms with Crippen LogP contribution in [-0.4, -0.2) is 5.78 Å². The molecule has 0 bridgehead atoms. The van der Waals surface area contributed by atoms with Crippen molar-refractivity contribution in [3.05, 3.63) is 60.2 Å². The van der Waals surface area contributed by atoms with Gasteiger partial charge in [0.1, 0.15) is 0 Å². The van der Waals surface area contributed by atoms with E-state index in [4.69, 9.17) is 0 Å². The number of fused-ring (bicyclic) bond motifs is 2. The Labute approximate surface area is 125 Å². The van der Waals surface area contributed by atoms with Crippen LogP contribution in [0.1, 0.15) is 43.0 Å². The summed E-state index contributed by atoms with van der Waals surface area (Å²) in [6.07, 6.45) is 3.89. The lowest BCUT2D eigenvalue weighted by atomic mass is 9.92. The summed E-state index contributed by atoms with van der Waals surface area (Å²) in [5.41, 5.74) is 0.903. The molecular formula is C20H20O. The average molecular weight is 276 g/mol. The molecule has 106 valence electrons. The van der Waals surface area contributed by atoms with Crippen LogP contribution in [-0.2, 0) is 0 Å². The largest absolute Gasteiger partial charge is 0.294 e. The van der Waals surface area contributed by atoms with E-state index in [0.717, 1.165) is 46.4 Å². The molecule has 0 aliphatic rings. The third-order valence-corrected chi connectivity index (χ3v) is 4.06. The zero-order valence-corrected chi connectivity index (χ0v) is 12.4. The molecule has 0 unspecified atom stereocenters. The maximum absolute atomic E-state index is 12.7. The van der Waals surface area contributed by atoms with Crippen molar-refractivity contribution >= 4 is 27.3 Å². The van der Waals surface area contributed by atoms with Crippen LogP contribution in [0.15, 0.2) is 54.6 Å². The third-order valence-electron chi connectivity index (χ3n) is 4.06. The van der Waals surface area contributed by atoms with Crippen LogP contribution in [0.2, 0.25) is 0 Å². The van der Waals surface area contributed by atoms with Crippen molar-refractivity contribution in [1.82, 2.24) is 0 Å². The molecule has 3 aromatic rings. The molecule has 1 heteroatoms. The molecule has 3 aromatic carbocycles. The van der Waals surface area contributed by atoms with E-state index in [1.54, 1.807) is 0 Å². The molecule has 0 N–H and O–H groups in total. The normalized spacial score (nSPS) is 11.1. The lowest BCUT2D eigenvalue weighted by Crippen LogP contribution is -2.01. The Morgan fingerprint density at radius 2 is 1.43 bits per heavy atom. The first-order valence-electron chi connectivity index (χ1n) is 7.75. The van der Waals surface area contributed by atoms with Crippen molar-refractivity contribution in [1.29, 1.82) is 0 Å². The van der Waals surface area contributed by atoms with Gasteiger partial charge in [-0.05, 0) is 34.0 Å². The smallest absolute Gasteiger partial charge is 0.164 e. The van der Waals surface area contributed by atoms with E-state index >= 15 is 0 Å². The molecule has 21 heavy (non-hydrogen) atoms. The zero-order chi connectivity index (χ0) is 14.7. The van der Waals surface area contributed by atoms with Gasteiger partial charge in [0.2, 0.25) is 0 Å². The summed E-state index contributed by atoms with van der Waals surface area (Å²) in [4.78, 5) is 12.7. The van der Waals surface area contributed by atoms with Gasteiger partial charge in [-0.1, -0.05) is 68.3 Å². The minimum atomic E-state index is 0.274. The number of ketones is 1. The SMILES string of the molecule is CCCCCC(=O)c1c2ccccc2cc2ccccc12. The molecule has 3 rings (SSSR count). The molecule has 0 fully saturated rings. The first-order chi connectivity index (χ1) is 10.3. The Bertz CT molecular complexity index is 732. The van der Waals surface area contributed by atoms with Crippen molar-refractivity contribution in [3.8, 4) is 0 Å². The molecule has 0 radical (unpaired) electrons. The Balaban J connectivity index is 2.18. The van der Waals surface area contributed by atoms with E-state index < -0.39 is 0 Å². The molecule has 0 aromatic heterocycles. The molecule has 0 saturated heterocycles. The molecule has 0 aliphatic carbocycles. The second-order valence-electron chi connectivity index (χ2n) is 5.57. The van der Waals surface area contributed by atoms with E-state index in [2.05, 4.69) is 37.3 Å². The Morgan fingerprint density at radius 3 is 2.00 bits per heavy atom. The topological polar surface area (TPSA) is 17.1 Å². The summed E-state index contributed by atoms with van der Waals surface area (Å²) >= 11 is 0. The molecule has 0 saturated carbocycles. The highest BCUT2D eigenvalue weighted by Gasteiger charge is 2.14. The molecule has 0 amide bonds. The molecule has 0 heterocycles. The summed E-state index contributed by atoms with van der Waals surface area (Å²) in [5, 5.41) is 4.46. The fraction of sp³-hybridized carbons (Fsp3) is 0.250. The van der Waals surface area contributed by atoms with Gasteiger partial charge in [-0.15, -0.1) is 0 Å². The van der Waals surface area contributed by atoms with Crippen LogP contribution in [0.4, 0.5) is 0 Å². The highest BCUT2D eigenvalue weighted by molar-refractivity contribution is 6.18. The molecule has 0 atom stereocenters. The van der Waals surface area contributed by atoms with Crippen LogP contribution >= 0.6 is 0 Å². The number of hydrogen-bond acceptors (Lipinski definition) is 1. The van der Waals surface area contributed by atoms with Crippen molar-refractivity contribution in [2.75, 3.05) is 0 Å². The summed E-state index contributed by atoms with van der Waals surface area (Å²) in [5.74, 6) is 0.274. The van der Waals surface area contributed by atoms with E-state index in [9.17, 15) is 4.79 Å². The average Bonchev–Trinajstić information content (AvgIpc) is 2.52. The molecular weight excluding hydrogens is 256 g/mol. The highest BCUT2D eigenvalue weighted by atomic mass is 16.1. The van der Waals surface area contributed by atoms with Crippen LogP contribution in [0, 0.1) is 0 Å². The monoisotopic (exact) mass is 276 g/mol. The van der Waals surface area contributed by atoms with Crippen molar-refractivity contribution in [2.45, 2.75) is 32.6 Å². The Kier molecular flexibility index (Phi) is 4.01. The van der Waals surface area contributed by atoms with Gasteiger partial charge in [0, 0.05) is 12.0 Å². The van der Waals surface area contributed by atoms with E-state index in [-0.39, 0.29) is 5.78 Å². The van der Waals surface area contributed by atoms with Gasteiger partial charge in [0.15, 0.2) is 5.78 Å². The number of carbonyl (C=O) groups excluding carboxylic acids is 1. The number of benzene rings is 3. The number of rotatable bonds is 5. The Morgan fingerprint density at radius 1 is 0.857 bits per heavy atom. The van der Waals surface area contributed by atoms with Crippen LogP contribution < -0.4 is 0 Å². The summed E-state index contributed by atoms with van der Waals surface area (Å²) < 4.78 is 0. The van der Waals surface area contributed by atoms with Gasteiger partial charge < -0.3 is 0 Å². The van der Waals surface area contributed by atoms with Gasteiger partial charge in [-0.2, -0.15) is 0 Å². The number of Topliss-reactive ketones (excluding diaryl/α,β-unsaturated/α-hetero) is 1. The number of unbranched alkanes of at least 4 members (excludes halogenated alkanes) is 2. The summed E-state index contributed by atoms with van der Waals surface area (Å²) in [6.45, 7) is 2.16. The van der Waals surface area contributed by atoms with Crippen LogP contribution in [0.5, 0.6) is 0 Å². The lowest BCUT2D eigenvalue weighted by Gasteiger charge is -2.10. The Hall–Kier alpha value is -2.15. The first-order valence-corrected chi connectivity index (χ1v) is 7.75. The fourth-order valence-electron chi connectivity index (χ4n) is 2.97.